The quantitative estimate of drug-likeness (QED) is 0.535. The Kier molecular flexibility index (Phi) is 7.28. The van der Waals surface area contributed by atoms with Gasteiger partial charge in [-0.15, -0.1) is 0 Å². The molecule has 0 aliphatic heterocycles. The van der Waals surface area contributed by atoms with Crippen LogP contribution in [0.2, 0.25) is 0 Å². The SMILES string of the molecule is C\C=C/C(C)=C/C(/C=C(/C)NC)=N/CN. The van der Waals surface area contributed by atoms with Gasteiger partial charge in [-0.3, -0.25) is 4.99 Å². The van der Waals surface area contributed by atoms with Crippen molar-refractivity contribution in [2.75, 3.05) is 13.7 Å². The van der Waals surface area contributed by atoms with E-state index in [0.29, 0.717) is 6.67 Å². The minimum absolute atomic E-state index is 0.308. The van der Waals surface area contributed by atoms with Crippen molar-refractivity contribution in [3.8, 4) is 0 Å². The standard InChI is InChI=1S/C12H21N3/c1-5-6-10(2)7-12(15-9-13)8-11(3)14-4/h5-8,14H,9,13H2,1-4H3/b6-5-,10-7+,11-8-,15-12-. The Bertz CT molecular complexity index is 296. The van der Waals surface area contributed by atoms with Crippen LogP contribution in [0.15, 0.2) is 40.6 Å². The van der Waals surface area contributed by atoms with Crippen LogP contribution in [0.5, 0.6) is 0 Å². The van der Waals surface area contributed by atoms with Crippen LogP contribution < -0.4 is 11.1 Å². The Morgan fingerprint density at radius 1 is 1.33 bits per heavy atom. The summed E-state index contributed by atoms with van der Waals surface area (Å²) in [6.07, 6.45) is 8.02. The van der Waals surface area contributed by atoms with Gasteiger partial charge in [-0.05, 0) is 38.5 Å². The van der Waals surface area contributed by atoms with Crippen molar-refractivity contribution in [2.24, 2.45) is 10.7 Å². The molecule has 3 N–H and O–H groups in total. The Labute approximate surface area is 92.5 Å². The molecule has 0 fully saturated rings. The summed E-state index contributed by atoms with van der Waals surface area (Å²) in [6.45, 7) is 6.33. The van der Waals surface area contributed by atoms with Crippen LogP contribution in [0.1, 0.15) is 20.8 Å². The van der Waals surface area contributed by atoms with Gasteiger partial charge < -0.3 is 11.1 Å². The maximum Gasteiger partial charge on any atom is 0.0866 e. The first-order chi connectivity index (χ1) is 7.13. The van der Waals surface area contributed by atoms with Gasteiger partial charge in [0.1, 0.15) is 0 Å². The summed E-state index contributed by atoms with van der Waals surface area (Å²) >= 11 is 0. The lowest BCUT2D eigenvalue weighted by Gasteiger charge is -2.00. The van der Waals surface area contributed by atoms with E-state index in [0.717, 1.165) is 17.0 Å². The highest BCUT2D eigenvalue weighted by Crippen LogP contribution is 1.99. The molecule has 0 heterocycles. The molecule has 0 aromatic heterocycles. The van der Waals surface area contributed by atoms with Crippen LogP contribution in [0.4, 0.5) is 0 Å². The number of nitrogens with one attached hydrogen (secondary N) is 1. The molecule has 0 spiro atoms. The van der Waals surface area contributed by atoms with Gasteiger partial charge in [0.15, 0.2) is 0 Å². The van der Waals surface area contributed by atoms with Crippen molar-refractivity contribution in [2.45, 2.75) is 20.8 Å². The van der Waals surface area contributed by atoms with Gasteiger partial charge in [0.2, 0.25) is 0 Å². The van der Waals surface area contributed by atoms with Crippen molar-refractivity contribution in [3.63, 3.8) is 0 Å². The number of rotatable bonds is 5. The molecule has 0 amide bonds. The molecule has 84 valence electrons. The highest BCUT2D eigenvalue weighted by atomic mass is 14.9. The summed E-state index contributed by atoms with van der Waals surface area (Å²) < 4.78 is 0. The minimum Gasteiger partial charge on any atom is -0.392 e. The van der Waals surface area contributed by atoms with Crippen LogP contribution in [0, 0.1) is 0 Å². The Morgan fingerprint density at radius 3 is 2.47 bits per heavy atom. The first-order valence-corrected chi connectivity index (χ1v) is 5.05. The van der Waals surface area contributed by atoms with Crippen LogP contribution in [-0.2, 0) is 0 Å². The average Bonchev–Trinajstić information content (AvgIpc) is 2.18. The third-order valence-corrected chi connectivity index (χ3v) is 1.84. The first kappa shape index (κ1) is 13.7. The molecule has 15 heavy (non-hydrogen) atoms. The lowest BCUT2D eigenvalue weighted by Crippen LogP contribution is -2.06. The Balaban J connectivity index is 4.85. The molecule has 0 radical (unpaired) electrons. The molecule has 3 nitrogen and oxygen atoms in total. The van der Waals surface area contributed by atoms with E-state index in [1.54, 1.807) is 0 Å². The smallest absolute Gasteiger partial charge is 0.0866 e. The zero-order chi connectivity index (χ0) is 11.7. The first-order valence-electron chi connectivity index (χ1n) is 5.05. The number of nitrogens with two attached hydrogens (primary N) is 1. The minimum atomic E-state index is 0.308. The molecule has 0 rings (SSSR count). The van der Waals surface area contributed by atoms with Crippen LogP contribution in [0.3, 0.4) is 0 Å². The lowest BCUT2D eigenvalue weighted by molar-refractivity contribution is 0.991. The molecular formula is C12H21N3. The van der Waals surface area contributed by atoms with E-state index in [-0.39, 0.29) is 0 Å². The number of aliphatic imine (C=N–C) groups is 1. The molecule has 0 saturated heterocycles. The van der Waals surface area contributed by atoms with E-state index in [4.69, 9.17) is 5.73 Å². The number of allylic oxidation sites excluding steroid dienone is 6. The average molecular weight is 207 g/mol. The Hall–Kier alpha value is -1.35. The van der Waals surface area contributed by atoms with E-state index in [1.807, 2.05) is 52.1 Å². The lowest BCUT2D eigenvalue weighted by atomic mass is 10.2. The second kappa shape index (κ2) is 8.00. The summed E-state index contributed by atoms with van der Waals surface area (Å²) in [6, 6.07) is 0. The van der Waals surface area contributed by atoms with Crippen LogP contribution >= 0.6 is 0 Å². The summed E-state index contributed by atoms with van der Waals surface area (Å²) in [7, 11) is 1.88. The van der Waals surface area contributed by atoms with E-state index >= 15 is 0 Å². The third-order valence-electron chi connectivity index (χ3n) is 1.84. The Morgan fingerprint density at radius 2 is 2.00 bits per heavy atom. The summed E-state index contributed by atoms with van der Waals surface area (Å²) in [5.41, 5.74) is 8.52. The van der Waals surface area contributed by atoms with Crippen molar-refractivity contribution in [1.82, 2.24) is 5.32 Å². The monoisotopic (exact) mass is 207 g/mol. The summed E-state index contributed by atoms with van der Waals surface area (Å²) in [4.78, 5) is 4.20. The van der Waals surface area contributed by atoms with E-state index in [1.165, 1.54) is 0 Å². The van der Waals surface area contributed by atoms with Crippen LogP contribution in [-0.4, -0.2) is 19.4 Å². The van der Waals surface area contributed by atoms with Gasteiger partial charge in [0.05, 0.1) is 12.4 Å². The van der Waals surface area contributed by atoms with Gasteiger partial charge in [0.25, 0.3) is 0 Å². The highest BCUT2D eigenvalue weighted by molar-refractivity contribution is 6.04. The largest absolute Gasteiger partial charge is 0.392 e. The van der Waals surface area contributed by atoms with Gasteiger partial charge in [-0.25, -0.2) is 0 Å². The van der Waals surface area contributed by atoms with Gasteiger partial charge in [0, 0.05) is 12.7 Å². The molecule has 0 aromatic rings. The zero-order valence-electron chi connectivity index (χ0n) is 10.0. The van der Waals surface area contributed by atoms with Crippen LogP contribution in [0.25, 0.3) is 0 Å². The number of hydrogen-bond donors (Lipinski definition) is 2. The zero-order valence-corrected chi connectivity index (χ0v) is 10.0. The fourth-order valence-electron chi connectivity index (χ4n) is 1.08. The molecule has 0 aromatic carbocycles. The van der Waals surface area contributed by atoms with Gasteiger partial charge >= 0.3 is 0 Å². The molecule has 3 heteroatoms. The predicted octanol–water partition coefficient (Wildman–Crippen LogP) is 1.99. The fraction of sp³-hybridized carbons (Fsp3) is 0.417. The number of hydrogen-bond acceptors (Lipinski definition) is 3. The van der Waals surface area contributed by atoms with E-state index in [9.17, 15) is 0 Å². The molecule has 0 aliphatic carbocycles. The molecule has 0 bridgehead atoms. The van der Waals surface area contributed by atoms with Crippen molar-refractivity contribution in [1.29, 1.82) is 0 Å². The molecule has 0 saturated carbocycles. The van der Waals surface area contributed by atoms with Crippen molar-refractivity contribution >= 4 is 5.71 Å². The fourth-order valence-corrected chi connectivity index (χ4v) is 1.08. The van der Waals surface area contributed by atoms with E-state index < -0.39 is 0 Å². The van der Waals surface area contributed by atoms with Crippen molar-refractivity contribution in [3.05, 3.63) is 35.6 Å². The normalized spacial score (nSPS) is 14.9. The van der Waals surface area contributed by atoms with Gasteiger partial charge in [-0.2, -0.15) is 0 Å². The molecule has 0 atom stereocenters. The summed E-state index contributed by atoms with van der Waals surface area (Å²) in [5.74, 6) is 0. The topological polar surface area (TPSA) is 50.4 Å². The second-order valence-corrected chi connectivity index (χ2v) is 3.23. The van der Waals surface area contributed by atoms with Crippen molar-refractivity contribution < 1.29 is 0 Å². The second-order valence-electron chi connectivity index (χ2n) is 3.23. The number of nitrogens with zero attached hydrogens (tertiary/aromatic N) is 1. The molecule has 0 unspecified atom stereocenters. The molecular weight excluding hydrogens is 186 g/mol. The maximum atomic E-state index is 5.41. The highest BCUT2D eigenvalue weighted by Gasteiger charge is 1.92. The summed E-state index contributed by atoms with van der Waals surface area (Å²) in [5, 5.41) is 3.05. The van der Waals surface area contributed by atoms with Gasteiger partial charge in [-0.1, -0.05) is 12.2 Å². The third kappa shape index (κ3) is 6.69. The predicted molar refractivity (Wildman–Crippen MR) is 67.9 cm³/mol. The maximum absolute atomic E-state index is 5.41. The van der Waals surface area contributed by atoms with E-state index in [2.05, 4.69) is 10.3 Å². The molecule has 0 aliphatic rings.